The monoisotopic (exact) mass is 246 g/mol. The molecule has 0 aliphatic carbocycles. The third-order valence-electron chi connectivity index (χ3n) is 3.26. The Morgan fingerprint density at radius 3 is 2.06 bits per heavy atom. The summed E-state index contributed by atoms with van der Waals surface area (Å²) in [6, 6.07) is 8.77. The fraction of sp³-hybridized carbons (Fsp3) is 0.500. The van der Waals surface area contributed by atoms with E-state index in [0.29, 0.717) is 13.2 Å². The van der Waals surface area contributed by atoms with Gasteiger partial charge in [-0.05, 0) is 42.4 Å². The number of benzene rings is 1. The van der Waals surface area contributed by atoms with Gasteiger partial charge >= 0.3 is 0 Å². The van der Waals surface area contributed by atoms with E-state index < -0.39 is 0 Å². The summed E-state index contributed by atoms with van der Waals surface area (Å²) in [5.74, 6) is 0. The minimum absolute atomic E-state index is 0.704. The average molecular weight is 246 g/mol. The van der Waals surface area contributed by atoms with Crippen molar-refractivity contribution in [1.82, 2.24) is 0 Å². The molecule has 0 amide bonds. The van der Waals surface area contributed by atoms with Gasteiger partial charge in [0.1, 0.15) is 0 Å². The number of aryl methyl sites for hydroxylation is 1. The van der Waals surface area contributed by atoms with Gasteiger partial charge in [-0.25, -0.2) is 0 Å². The molecule has 0 N–H and O–H groups in total. The minimum Gasteiger partial charge on any atom is -0.379 e. The van der Waals surface area contributed by atoms with E-state index in [1.165, 1.54) is 16.7 Å². The number of hydrogen-bond donors (Lipinski definition) is 0. The maximum Gasteiger partial charge on any atom is 0.0700 e. The zero-order valence-corrected chi connectivity index (χ0v) is 11.0. The molecule has 0 saturated heterocycles. The highest BCUT2D eigenvalue weighted by Crippen LogP contribution is 2.19. The molecule has 2 heteroatoms. The lowest BCUT2D eigenvalue weighted by Gasteiger charge is -2.07. The van der Waals surface area contributed by atoms with Crippen molar-refractivity contribution in [3.05, 3.63) is 42.0 Å². The number of fused-ring (bicyclic) bond motifs is 12. The van der Waals surface area contributed by atoms with Gasteiger partial charge in [0.05, 0.1) is 13.2 Å². The van der Waals surface area contributed by atoms with Gasteiger partial charge < -0.3 is 9.47 Å². The van der Waals surface area contributed by atoms with E-state index in [9.17, 15) is 0 Å². The van der Waals surface area contributed by atoms with Gasteiger partial charge in [-0.15, -0.1) is 0 Å². The molecule has 2 aliphatic rings. The molecule has 3 rings (SSSR count). The Labute approximate surface area is 110 Å². The van der Waals surface area contributed by atoms with Crippen LogP contribution in [-0.2, 0) is 15.9 Å². The van der Waals surface area contributed by atoms with Crippen LogP contribution in [0.3, 0.4) is 0 Å². The molecule has 2 nitrogen and oxygen atoms in total. The zero-order chi connectivity index (χ0) is 12.6. The van der Waals surface area contributed by atoms with Crippen LogP contribution in [0.4, 0.5) is 0 Å². The van der Waals surface area contributed by atoms with E-state index in [2.05, 4.69) is 30.8 Å². The lowest BCUT2D eigenvalue weighted by molar-refractivity contribution is 0.0465. The highest BCUT2D eigenvalue weighted by atomic mass is 16.5. The summed E-state index contributed by atoms with van der Waals surface area (Å²) < 4.78 is 11.0. The van der Waals surface area contributed by atoms with Crippen molar-refractivity contribution in [2.45, 2.75) is 25.7 Å². The molecule has 0 spiro atoms. The largest absolute Gasteiger partial charge is 0.379 e. The lowest BCUT2D eigenvalue weighted by atomic mass is 10.0. The summed E-state index contributed by atoms with van der Waals surface area (Å²) in [7, 11) is 0. The summed E-state index contributed by atoms with van der Waals surface area (Å²) in [4.78, 5) is 0. The molecule has 2 bridgehead atoms. The summed E-state index contributed by atoms with van der Waals surface area (Å²) in [5, 5.41) is 0. The summed E-state index contributed by atoms with van der Waals surface area (Å²) in [5.41, 5.74) is 3.84. The molecule has 0 saturated carbocycles. The predicted octanol–water partition coefficient (Wildman–Crippen LogP) is 3.46. The van der Waals surface area contributed by atoms with Crippen LogP contribution in [0.1, 0.15) is 30.4 Å². The third kappa shape index (κ3) is 4.28. The standard InChI is InChI=1S/C16H22O2/c1-14-4-2-10-17-12-13-18-11-3-5-15-6-8-16(14)9-7-15/h6-9H,1-5,10-13H2. The normalized spacial score (nSPS) is 19.2. The first-order valence-corrected chi connectivity index (χ1v) is 6.79. The topological polar surface area (TPSA) is 18.5 Å². The van der Waals surface area contributed by atoms with Crippen molar-refractivity contribution in [3.63, 3.8) is 0 Å². The van der Waals surface area contributed by atoms with Crippen LogP contribution in [0.15, 0.2) is 30.8 Å². The number of hydrogen-bond acceptors (Lipinski definition) is 2. The van der Waals surface area contributed by atoms with Gasteiger partial charge in [0.15, 0.2) is 0 Å². The fourth-order valence-corrected chi connectivity index (χ4v) is 2.14. The molecule has 18 heavy (non-hydrogen) atoms. The molecular weight excluding hydrogens is 224 g/mol. The highest BCUT2D eigenvalue weighted by Gasteiger charge is 2.01. The van der Waals surface area contributed by atoms with Crippen LogP contribution < -0.4 is 0 Å². The van der Waals surface area contributed by atoms with Crippen molar-refractivity contribution in [2.75, 3.05) is 26.4 Å². The second-order valence-electron chi connectivity index (χ2n) is 4.73. The van der Waals surface area contributed by atoms with E-state index in [1.807, 2.05) is 0 Å². The summed E-state index contributed by atoms with van der Waals surface area (Å²) in [6.07, 6.45) is 4.18. The maximum atomic E-state index is 5.53. The quantitative estimate of drug-likeness (QED) is 0.698. The van der Waals surface area contributed by atoms with Gasteiger partial charge in [-0.1, -0.05) is 30.8 Å². The Morgan fingerprint density at radius 2 is 1.39 bits per heavy atom. The first-order valence-electron chi connectivity index (χ1n) is 6.79. The Kier molecular flexibility index (Phi) is 5.43. The van der Waals surface area contributed by atoms with Crippen molar-refractivity contribution in [1.29, 1.82) is 0 Å². The molecule has 2 heterocycles. The third-order valence-corrected chi connectivity index (χ3v) is 3.26. The van der Waals surface area contributed by atoms with Crippen molar-refractivity contribution in [3.8, 4) is 0 Å². The highest BCUT2D eigenvalue weighted by molar-refractivity contribution is 5.63. The smallest absolute Gasteiger partial charge is 0.0700 e. The van der Waals surface area contributed by atoms with E-state index in [-0.39, 0.29) is 0 Å². The first kappa shape index (κ1) is 13.3. The Morgan fingerprint density at radius 1 is 0.778 bits per heavy atom. The molecule has 0 unspecified atom stereocenters. The second-order valence-corrected chi connectivity index (χ2v) is 4.73. The van der Waals surface area contributed by atoms with Crippen LogP contribution in [0.5, 0.6) is 0 Å². The molecule has 1 aromatic rings. The average Bonchev–Trinajstić information content (AvgIpc) is 2.41. The molecule has 0 aromatic heterocycles. The van der Waals surface area contributed by atoms with Crippen LogP contribution in [0, 0.1) is 0 Å². The maximum absolute atomic E-state index is 5.53. The molecule has 98 valence electrons. The van der Waals surface area contributed by atoms with Gasteiger partial charge in [-0.2, -0.15) is 0 Å². The van der Waals surface area contributed by atoms with Crippen LogP contribution >= 0.6 is 0 Å². The second kappa shape index (κ2) is 7.34. The van der Waals surface area contributed by atoms with Crippen molar-refractivity contribution >= 4 is 5.57 Å². The number of rotatable bonds is 0. The van der Waals surface area contributed by atoms with E-state index >= 15 is 0 Å². The Balaban J connectivity index is 1.98. The minimum atomic E-state index is 0.704. The van der Waals surface area contributed by atoms with Gasteiger partial charge in [0, 0.05) is 13.2 Å². The van der Waals surface area contributed by atoms with E-state index in [0.717, 1.165) is 38.9 Å². The molecule has 2 aliphatic heterocycles. The molecule has 1 aromatic carbocycles. The van der Waals surface area contributed by atoms with Crippen LogP contribution in [0.2, 0.25) is 0 Å². The van der Waals surface area contributed by atoms with Crippen molar-refractivity contribution in [2.24, 2.45) is 0 Å². The Hall–Kier alpha value is -1.12. The Bertz CT molecular complexity index is 367. The van der Waals surface area contributed by atoms with Gasteiger partial charge in [-0.3, -0.25) is 0 Å². The molecule has 0 atom stereocenters. The van der Waals surface area contributed by atoms with Gasteiger partial charge in [0.25, 0.3) is 0 Å². The number of ether oxygens (including phenoxy) is 2. The predicted molar refractivity (Wildman–Crippen MR) is 74.7 cm³/mol. The zero-order valence-electron chi connectivity index (χ0n) is 11.0. The fourth-order valence-electron chi connectivity index (χ4n) is 2.14. The van der Waals surface area contributed by atoms with E-state index in [1.54, 1.807) is 0 Å². The first-order chi connectivity index (χ1) is 8.86. The van der Waals surface area contributed by atoms with E-state index in [4.69, 9.17) is 9.47 Å². The number of allylic oxidation sites excluding steroid dienone is 1. The van der Waals surface area contributed by atoms with Crippen LogP contribution in [-0.4, -0.2) is 26.4 Å². The van der Waals surface area contributed by atoms with Crippen LogP contribution in [0.25, 0.3) is 5.57 Å². The SMILES string of the molecule is C=C1CCCOCCOCCCc2ccc1cc2. The van der Waals surface area contributed by atoms with Crippen molar-refractivity contribution < 1.29 is 9.47 Å². The summed E-state index contributed by atoms with van der Waals surface area (Å²) in [6.45, 7) is 7.17. The lowest BCUT2D eigenvalue weighted by Crippen LogP contribution is -2.06. The van der Waals surface area contributed by atoms with Gasteiger partial charge in [0.2, 0.25) is 0 Å². The summed E-state index contributed by atoms with van der Waals surface area (Å²) >= 11 is 0. The molecule has 0 fully saturated rings. The molecule has 0 radical (unpaired) electrons. The molecular formula is C16H22O2.